The molecule has 0 aliphatic heterocycles. The van der Waals surface area contributed by atoms with Crippen molar-refractivity contribution in [1.82, 2.24) is 10.1 Å². The zero-order valence-corrected chi connectivity index (χ0v) is 13.0. The van der Waals surface area contributed by atoms with Crippen molar-refractivity contribution in [3.8, 4) is 22.8 Å². The predicted molar refractivity (Wildman–Crippen MR) is 83.3 cm³/mol. The first-order chi connectivity index (χ1) is 10.7. The number of fused-ring (bicyclic) bond motifs is 1. The molecule has 0 unspecified atom stereocenters. The number of hydrogen-bond donors (Lipinski definition) is 0. The summed E-state index contributed by atoms with van der Waals surface area (Å²) in [6.07, 6.45) is 4.53. The number of pyridine rings is 1. The van der Waals surface area contributed by atoms with Gasteiger partial charge >= 0.3 is 0 Å². The SMILES string of the molecule is COc1[c]nc2cccc(-c3nocc3C(C)C)c2c1OC. The van der Waals surface area contributed by atoms with Crippen LogP contribution in [0.1, 0.15) is 25.3 Å². The standard InChI is InChI=1S/C17H17N2O3/c1-10(2)12-9-22-19-16(12)11-6-5-7-13-15(11)17(21-4)14(20-3)8-18-13/h5-7,9-10H,1-4H3. The van der Waals surface area contributed by atoms with Crippen LogP contribution < -0.4 is 9.47 Å². The number of aromatic nitrogens is 2. The van der Waals surface area contributed by atoms with E-state index in [0.717, 1.165) is 27.7 Å². The Balaban J connectivity index is 2.36. The summed E-state index contributed by atoms with van der Waals surface area (Å²) in [7, 11) is 3.17. The lowest BCUT2D eigenvalue weighted by Gasteiger charge is -2.13. The van der Waals surface area contributed by atoms with Gasteiger partial charge in [-0.15, -0.1) is 0 Å². The zero-order chi connectivity index (χ0) is 15.7. The van der Waals surface area contributed by atoms with Gasteiger partial charge in [0.2, 0.25) is 0 Å². The van der Waals surface area contributed by atoms with Gasteiger partial charge in [0, 0.05) is 11.1 Å². The molecule has 0 fully saturated rings. The summed E-state index contributed by atoms with van der Waals surface area (Å²) >= 11 is 0. The van der Waals surface area contributed by atoms with E-state index in [9.17, 15) is 0 Å². The topological polar surface area (TPSA) is 57.4 Å². The molecule has 3 rings (SSSR count). The molecule has 0 bridgehead atoms. The van der Waals surface area contributed by atoms with Crippen LogP contribution in [0.3, 0.4) is 0 Å². The van der Waals surface area contributed by atoms with Crippen molar-refractivity contribution in [1.29, 1.82) is 0 Å². The number of nitrogens with zero attached hydrogens (tertiary/aromatic N) is 2. The molecular weight excluding hydrogens is 280 g/mol. The molecule has 5 nitrogen and oxygen atoms in total. The van der Waals surface area contributed by atoms with Gasteiger partial charge in [-0.3, -0.25) is 0 Å². The Kier molecular flexibility index (Phi) is 3.71. The number of ether oxygens (including phenoxy) is 2. The van der Waals surface area contributed by atoms with E-state index in [1.54, 1.807) is 20.5 Å². The molecule has 0 aliphatic carbocycles. The molecule has 0 atom stereocenters. The summed E-state index contributed by atoms with van der Waals surface area (Å²) in [5.41, 5.74) is 3.52. The third-order valence-electron chi connectivity index (χ3n) is 3.64. The minimum Gasteiger partial charge on any atom is -0.492 e. The van der Waals surface area contributed by atoms with E-state index in [2.05, 4.69) is 30.2 Å². The highest BCUT2D eigenvalue weighted by atomic mass is 16.5. The molecule has 2 aromatic heterocycles. The highest BCUT2D eigenvalue weighted by Crippen LogP contribution is 2.41. The lowest BCUT2D eigenvalue weighted by Crippen LogP contribution is -1.97. The number of hydrogen-bond acceptors (Lipinski definition) is 5. The molecule has 1 radical (unpaired) electrons. The van der Waals surface area contributed by atoms with Crippen LogP contribution in [0.2, 0.25) is 0 Å². The van der Waals surface area contributed by atoms with Crippen molar-refractivity contribution in [2.24, 2.45) is 0 Å². The maximum Gasteiger partial charge on any atom is 0.189 e. The first-order valence-electron chi connectivity index (χ1n) is 7.04. The quantitative estimate of drug-likeness (QED) is 0.732. The fourth-order valence-electron chi connectivity index (χ4n) is 2.54. The summed E-state index contributed by atoms with van der Waals surface area (Å²) in [5, 5.41) is 5.02. The van der Waals surface area contributed by atoms with Crippen molar-refractivity contribution in [3.05, 3.63) is 36.2 Å². The van der Waals surface area contributed by atoms with Crippen molar-refractivity contribution in [2.45, 2.75) is 19.8 Å². The van der Waals surface area contributed by atoms with E-state index in [1.807, 2.05) is 18.2 Å². The minimum atomic E-state index is 0.299. The fourth-order valence-corrected chi connectivity index (χ4v) is 2.54. The number of rotatable bonds is 4. The minimum absolute atomic E-state index is 0.299. The molecule has 0 saturated carbocycles. The largest absolute Gasteiger partial charge is 0.492 e. The van der Waals surface area contributed by atoms with Gasteiger partial charge in [-0.05, 0) is 12.0 Å². The van der Waals surface area contributed by atoms with Crippen LogP contribution in [0, 0.1) is 6.20 Å². The first kappa shape index (κ1) is 14.4. The predicted octanol–water partition coefficient (Wildman–Crippen LogP) is 3.83. The average molecular weight is 297 g/mol. The Morgan fingerprint density at radius 1 is 1.18 bits per heavy atom. The molecule has 113 valence electrons. The Morgan fingerprint density at radius 2 is 2.00 bits per heavy atom. The van der Waals surface area contributed by atoms with E-state index >= 15 is 0 Å². The fraction of sp³-hybridized carbons (Fsp3) is 0.294. The summed E-state index contributed by atoms with van der Waals surface area (Å²) in [6.45, 7) is 4.20. The summed E-state index contributed by atoms with van der Waals surface area (Å²) in [4.78, 5) is 4.32. The second-order valence-corrected chi connectivity index (χ2v) is 5.26. The van der Waals surface area contributed by atoms with Crippen molar-refractivity contribution in [2.75, 3.05) is 14.2 Å². The third kappa shape index (κ3) is 2.19. The van der Waals surface area contributed by atoms with Crippen LogP contribution >= 0.6 is 0 Å². The van der Waals surface area contributed by atoms with Gasteiger partial charge < -0.3 is 14.0 Å². The second kappa shape index (κ2) is 5.67. The Hall–Kier alpha value is -2.56. The Labute approximate surface area is 128 Å². The summed E-state index contributed by atoms with van der Waals surface area (Å²) in [5.74, 6) is 1.37. The molecule has 5 heteroatoms. The molecule has 1 aromatic carbocycles. The van der Waals surface area contributed by atoms with Crippen molar-refractivity contribution < 1.29 is 14.0 Å². The van der Waals surface area contributed by atoms with Crippen LogP contribution in [0.5, 0.6) is 11.5 Å². The van der Waals surface area contributed by atoms with Crippen LogP contribution in [0.15, 0.2) is 29.0 Å². The van der Waals surface area contributed by atoms with Crippen molar-refractivity contribution >= 4 is 10.9 Å². The highest BCUT2D eigenvalue weighted by molar-refractivity contribution is 6.00. The van der Waals surface area contributed by atoms with Gasteiger partial charge in [0.05, 0.1) is 25.1 Å². The lowest BCUT2D eigenvalue weighted by atomic mass is 9.96. The van der Waals surface area contributed by atoms with E-state index < -0.39 is 0 Å². The van der Waals surface area contributed by atoms with E-state index in [1.165, 1.54) is 0 Å². The highest BCUT2D eigenvalue weighted by Gasteiger charge is 2.20. The van der Waals surface area contributed by atoms with E-state index in [-0.39, 0.29) is 0 Å². The zero-order valence-electron chi connectivity index (χ0n) is 13.0. The first-order valence-corrected chi connectivity index (χ1v) is 7.04. The number of methoxy groups -OCH3 is 2. The molecule has 22 heavy (non-hydrogen) atoms. The van der Waals surface area contributed by atoms with Gasteiger partial charge in [0.1, 0.15) is 18.2 Å². The summed E-state index contributed by atoms with van der Waals surface area (Å²) in [6, 6.07) is 5.82. The van der Waals surface area contributed by atoms with Gasteiger partial charge in [-0.25, -0.2) is 4.98 Å². The Bertz CT molecular complexity index is 809. The smallest absolute Gasteiger partial charge is 0.189 e. The number of benzene rings is 1. The molecule has 0 amide bonds. The molecular formula is C17H17N2O3. The molecule has 2 heterocycles. The van der Waals surface area contributed by atoms with Gasteiger partial charge in [0.25, 0.3) is 0 Å². The van der Waals surface area contributed by atoms with E-state index in [0.29, 0.717) is 17.4 Å². The van der Waals surface area contributed by atoms with Crippen LogP contribution in [0.4, 0.5) is 0 Å². The maximum absolute atomic E-state index is 5.53. The third-order valence-corrected chi connectivity index (χ3v) is 3.64. The lowest BCUT2D eigenvalue weighted by molar-refractivity contribution is 0.356. The molecule has 0 N–H and O–H groups in total. The Morgan fingerprint density at radius 3 is 2.68 bits per heavy atom. The molecule has 0 spiro atoms. The molecule has 0 aliphatic rings. The van der Waals surface area contributed by atoms with Crippen LogP contribution in [-0.2, 0) is 0 Å². The van der Waals surface area contributed by atoms with Crippen molar-refractivity contribution in [3.63, 3.8) is 0 Å². The van der Waals surface area contributed by atoms with Gasteiger partial charge in [-0.1, -0.05) is 31.1 Å². The van der Waals surface area contributed by atoms with Crippen LogP contribution in [-0.4, -0.2) is 24.4 Å². The van der Waals surface area contributed by atoms with Crippen LogP contribution in [0.25, 0.3) is 22.2 Å². The maximum atomic E-state index is 5.53. The second-order valence-electron chi connectivity index (χ2n) is 5.26. The van der Waals surface area contributed by atoms with Gasteiger partial charge in [0.15, 0.2) is 11.5 Å². The van der Waals surface area contributed by atoms with Gasteiger partial charge in [-0.2, -0.15) is 0 Å². The normalized spacial score (nSPS) is 11.1. The molecule has 3 aromatic rings. The van der Waals surface area contributed by atoms with E-state index in [4.69, 9.17) is 14.0 Å². The monoisotopic (exact) mass is 297 g/mol. The average Bonchev–Trinajstić information content (AvgIpc) is 3.02. The molecule has 0 saturated heterocycles. The summed E-state index contributed by atoms with van der Waals surface area (Å²) < 4.78 is 16.0.